The lowest BCUT2D eigenvalue weighted by atomic mass is 10.1. The van der Waals surface area contributed by atoms with Gasteiger partial charge in [-0.15, -0.1) is 0 Å². The summed E-state index contributed by atoms with van der Waals surface area (Å²) in [4.78, 5) is 0. The molecule has 0 spiro atoms. The molecule has 0 radical (unpaired) electrons. The van der Waals surface area contributed by atoms with E-state index >= 15 is 0 Å². The van der Waals surface area contributed by atoms with E-state index in [1.165, 1.54) is 0 Å². The highest BCUT2D eigenvalue weighted by Crippen LogP contribution is 2.65. The van der Waals surface area contributed by atoms with Gasteiger partial charge in [-0.25, -0.2) is 0 Å². The van der Waals surface area contributed by atoms with Crippen molar-refractivity contribution in [3.63, 3.8) is 0 Å². The minimum atomic E-state index is 0.0417. The van der Waals surface area contributed by atoms with E-state index in [2.05, 4.69) is 12.2 Å². The normalized spacial score (nSPS) is 66.6. The zero-order chi connectivity index (χ0) is 6.01. The fraction of sp³-hybridized carbons (Fsp3) is 0.750. The van der Waals surface area contributed by atoms with Crippen LogP contribution in [0.3, 0.4) is 0 Å². The first-order chi connectivity index (χ1) is 4.38. The summed E-state index contributed by atoms with van der Waals surface area (Å²) in [6, 6.07) is 0. The summed E-state index contributed by atoms with van der Waals surface area (Å²) in [7, 11) is 0. The minimum Gasteiger partial charge on any atom is -0.393 e. The molecule has 0 aromatic carbocycles. The first-order valence-corrected chi connectivity index (χ1v) is 3.74. The predicted molar refractivity (Wildman–Crippen MR) is 33.7 cm³/mol. The SMILES string of the molecule is OC1CC2C=CC3C1C23. The van der Waals surface area contributed by atoms with Crippen LogP contribution in [-0.4, -0.2) is 11.2 Å². The van der Waals surface area contributed by atoms with E-state index < -0.39 is 0 Å². The molecule has 0 bridgehead atoms. The molecule has 0 heterocycles. The molecule has 1 nitrogen and oxygen atoms in total. The summed E-state index contributed by atoms with van der Waals surface area (Å²) in [5.41, 5.74) is 0. The average molecular weight is 122 g/mol. The summed E-state index contributed by atoms with van der Waals surface area (Å²) < 4.78 is 0. The number of allylic oxidation sites excluding steroid dienone is 2. The number of hydrogen-bond acceptors (Lipinski definition) is 1. The van der Waals surface area contributed by atoms with Crippen molar-refractivity contribution in [3.05, 3.63) is 12.2 Å². The monoisotopic (exact) mass is 122 g/mol. The van der Waals surface area contributed by atoms with Crippen LogP contribution >= 0.6 is 0 Å². The third-order valence-electron chi connectivity index (χ3n) is 3.23. The van der Waals surface area contributed by atoms with Gasteiger partial charge in [0, 0.05) is 0 Å². The van der Waals surface area contributed by atoms with E-state index in [1.54, 1.807) is 0 Å². The number of rotatable bonds is 0. The van der Waals surface area contributed by atoms with Gasteiger partial charge in [0.25, 0.3) is 0 Å². The summed E-state index contributed by atoms with van der Waals surface area (Å²) in [5.74, 6) is 3.11. The van der Waals surface area contributed by atoms with Gasteiger partial charge >= 0.3 is 0 Å². The van der Waals surface area contributed by atoms with Gasteiger partial charge in [0.2, 0.25) is 0 Å². The smallest absolute Gasteiger partial charge is 0.0582 e. The van der Waals surface area contributed by atoms with Gasteiger partial charge in [0.1, 0.15) is 0 Å². The van der Waals surface area contributed by atoms with Crippen LogP contribution in [0.25, 0.3) is 0 Å². The highest BCUT2D eigenvalue weighted by molar-refractivity contribution is 5.26. The molecule has 5 unspecified atom stereocenters. The molecule has 3 aliphatic rings. The molecule has 0 amide bonds. The molecular formula is C8H10O. The van der Waals surface area contributed by atoms with Crippen molar-refractivity contribution in [1.82, 2.24) is 0 Å². The Hall–Kier alpha value is -0.300. The number of aliphatic hydroxyl groups is 1. The Kier molecular flexibility index (Phi) is 0.552. The second-order valence-electron chi connectivity index (χ2n) is 3.58. The maximum absolute atomic E-state index is 9.38. The van der Waals surface area contributed by atoms with Crippen LogP contribution in [0.2, 0.25) is 0 Å². The van der Waals surface area contributed by atoms with Crippen LogP contribution in [0.15, 0.2) is 12.2 Å². The summed E-state index contributed by atoms with van der Waals surface area (Å²) in [6.07, 6.45) is 5.68. The molecule has 0 aliphatic heterocycles. The Bertz CT molecular complexity index is 185. The topological polar surface area (TPSA) is 20.2 Å². The van der Waals surface area contributed by atoms with Crippen molar-refractivity contribution >= 4 is 0 Å². The molecule has 9 heavy (non-hydrogen) atoms. The van der Waals surface area contributed by atoms with E-state index in [4.69, 9.17) is 0 Å². The molecule has 1 N–H and O–H groups in total. The summed E-state index contributed by atoms with van der Waals surface area (Å²) >= 11 is 0. The average Bonchev–Trinajstić information content (AvgIpc) is 2.34. The zero-order valence-electron chi connectivity index (χ0n) is 5.20. The van der Waals surface area contributed by atoms with Crippen molar-refractivity contribution in [2.75, 3.05) is 0 Å². The Labute approximate surface area is 54.4 Å². The number of aliphatic hydroxyl groups excluding tert-OH is 1. The van der Waals surface area contributed by atoms with E-state index in [1.807, 2.05) is 0 Å². The lowest BCUT2D eigenvalue weighted by Crippen LogP contribution is -2.06. The Morgan fingerprint density at radius 1 is 1.22 bits per heavy atom. The maximum Gasteiger partial charge on any atom is 0.0582 e. The largest absolute Gasteiger partial charge is 0.393 e. The first-order valence-electron chi connectivity index (χ1n) is 3.74. The molecule has 2 saturated carbocycles. The summed E-state index contributed by atoms with van der Waals surface area (Å²) in [5, 5.41) is 9.38. The first kappa shape index (κ1) is 4.51. The van der Waals surface area contributed by atoms with Gasteiger partial charge < -0.3 is 5.11 Å². The molecule has 0 aromatic rings. The highest BCUT2D eigenvalue weighted by atomic mass is 16.3. The highest BCUT2D eigenvalue weighted by Gasteiger charge is 2.63. The fourth-order valence-corrected chi connectivity index (χ4v) is 2.80. The summed E-state index contributed by atoms with van der Waals surface area (Å²) in [6.45, 7) is 0. The van der Waals surface area contributed by atoms with E-state index in [0.29, 0.717) is 5.92 Å². The molecule has 5 atom stereocenters. The van der Waals surface area contributed by atoms with Crippen molar-refractivity contribution in [2.45, 2.75) is 12.5 Å². The zero-order valence-corrected chi connectivity index (χ0v) is 5.20. The van der Waals surface area contributed by atoms with Crippen LogP contribution in [-0.2, 0) is 0 Å². The van der Waals surface area contributed by atoms with Crippen molar-refractivity contribution in [2.24, 2.45) is 23.7 Å². The van der Waals surface area contributed by atoms with E-state index in [9.17, 15) is 5.11 Å². The van der Waals surface area contributed by atoms with Gasteiger partial charge in [-0.05, 0) is 30.1 Å². The van der Waals surface area contributed by atoms with Crippen LogP contribution < -0.4 is 0 Å². The molecule has 0 aromatic heterocycles. The van der Waals surface area contributed by atoms with Crippen molar-refractivity contribution in [1.29, 1.82) is 0 Å². The fourth-order valence-electron chi connectivity index (χ4n) is 2.80. The molecule has 3 aliphatic carbocycles. The Morgan fingerprint density at radius 2 is 2.11 bits per heavy atom. The standard InChI is InChI=1S/C8H10O/c9-6-3-4-1-2-5-7(4)8(5)6/h1-2,4-9H,3H2. The van der Waals surface area contributed by atoms with Crippen molar-refractivity contribution in [3.8, 4) is 0 Å². The second-order valence-corrected chi connectivity index (χ2v) is 3.58. The lowest BCUT2D eigenvalue weighted by molar-refractivity contribution is 0.151. The number of fused-ring (bicyclic) bond motifs is 1. The maximum atomic E-state index is 9.38. The predicted octanol–water partition coefficient (Wildman–Crippen LogP) is 0.799. The number of hydrogen-bond donors (Lipinski definition) is 1. The van der Waals surface area contributed by atoms with E-state index in [-0.39, 0.29) is 6.10 Å². The van der Waals surface area contributed by atoms with Gasteiger partial charge in [0.05, 0.1) is 6.10 Å². The third kappa shape index (κ3) is 0.351. The Morgan fingerprint density at radius 3 is 2.67 bits per heavy atom. The van der Waals surface area contributed by atoms with Gasteiger partial charge in [-0.3, -0.25) is 0 Å². The van der Waals surface area contributed by atoms with Gasteiger partial charge in [0.15, 0.2) is 0 Å². The third-order valence-corrected chi connectivity index (χ3v) is 3.23. The lowest BCUT2D eigenvalue weighted by Gasteiger charge is -2.03. The minimum absolute atomic E-state index is 0.0417. The molecule has 3 rings (SSSR count). The van der Waals surface area contributed by atoms with Crippen LogP contribution in [0.5, 0.6) is 0 Å². The molecule has 48 valence electrons. The van der Waals surface area contributed by atoms with Gasteiger partial charge in [-0.1, -0.05) is 12.2 Å². The van der Waals surface area contributed by atoms with Crippen molar-refractivity contribution < 1.29 is 5.11 Å². The quantitative estimate of drug-likeness (QED) is 0.471. The van der Waals surface area contributed by atoms with E-state index in [0.717, 1.165) is 24.2 Å². The van der Waals surface area contributed by atoms with Crippen LogP contribution in [0.4, 0.5) is 0 Å². The molecular weight excluding hydrogens is 112 g/mol. The van der Waals surface area contributed by atoms with Crippen LogP contribution in [0.1, 0.15) is 6.42 Å². The molecule has 1 heteroatoms. The molecule has 0 saturated heterocycles. The van der Waals surface area contributed by atoms with Gasteiger partial charge in [-0.2, -0.15) is 0 Å². The molecule has 2 fully saturated rings. The van der Waals surface area contributed by atoms with Crippen LogP contribution in [0, 0.1) is 23.7 Å². The second kappa shape index (κ2) is 1.10. The Balaban J connectivity index is 2.03.